The van der Waals surface area contributed by atoms with Crippen LogP contribution in [0.15, 0.2) is 0 Å². The molecule has 1 atom stereocenters. The monoisotopic (exact) mass is 495 g/mol. The van der Waals surface area contributed by atoms with Crippen molar-refractivity contribution in [2.75, 3.05) is 21.3 Å². The highest BCUT2D eigenvalue weighted by Crippen LogP contribution is 2.28. The van der Waals surface area contributed by atoms with Gasteiger partial charge in [0.2, 0.25) is 0 Å². The molecule has 0 aromatic rings. The van der Waals surface area contributed by atoms with Crippen LogP contribution in [0.1, 0.15) is 130 Å². The Morgan fingerprint density at radius 1 is 0.625 bits per heavy atom. The van der Waals surface area contributed by atoms with Crippen molar-refractivity contribution in [3.8, 4) is 0 Å². The summed E-state index contributed by atoms with van der Waals surface area (Å²) in [6, 6.07) is 0.863. The molecule has 0 rings (SSSR count). The van der Waals surface area contributed by atoms with Crippen LogP contribution in [-0.2, 0) is 13.3 Å². The lowest BCUT2D eigenvalue weighted by Crippen LogP contribution is -2.44. The number of nitrogens with two attached hydrogens (primary N) is 1. The first-order valence-electron chi connectivity index (χ1n) is 13.3. The Morgan fingerprint density at radius 2 is 0.969 bits per heavy atom. The average molecular weight is 496 g/mol. The third kappa shape index (κ3) is 17.8. The van der Waals surface area contributed by atoms with Gasteiger partial charge in [0.25, 0.3) is 0 Å². The Labute approximate surface area is 208 Å². The SMILES string of the molecule is CCCCCCCCCCCCCCCCC(CCC[Si](OC)(OC)OC)C(C)(C)N.Cl. The Bertz CT molecular complexity index is 381. The summed E-state index contributed by atoms with van der Waals surface area (Å²) in [5, 5.41) is 0. The molecule has 0 aromatic heterocycles. The quantitative estimate of drug-likeness (QED) is 0.114. The topological polar surface area (TPSA) is 53.7 Å². The molecule has 0 fully saturated rings. The summed E-state index contributed by atoms with van der Waals surface area (Å²) in [7, 11) is 2.62. The van der Waals surface area contributed by atoms with E-state index in [1.165, 1.54) is 96.3 Å². The van der Waals surface area contributed by atoms with Gasteiger partial charge in [-0.05, 0) is 39.0 Å². The van der Waals surface area contributed by atoms with E-state index in [9.17, 15) is 0 Å². The molecule has 6 heteroatoms. The predicted octanol–water partition coefficient (Wildman–Crippen LogP) is 8.29. The van der Waals surface area contributed by atoms with Gasteiger partial charge >= 0.3 is 8.80 Å². The summed E-state index contributed by atoms with van der Waals surface area (Å²) in [4.78, 5) is 0. The van der Waals surface area contributed by atoms with Gasteiger partial charge < -0.3 is 19.0 Å². The number of hydrogen-bond donors (Lipinski definition) is 1. The molecule has 0 saturated carbocycles. The molecule has 0 saturated heterocycles. The standard InChI is InChI=1S/C26H57NO3Si.ClH/c1-7-8-9-10-11-12-13-14-15-16-17-18-19-20-22-25(26(2,3)27)23-21-24-31(28-4,29-5)30-6;/h25H,7-24,27H2,1-6H3;1H. The molecule has 0 amide bonds. The maximum Gasteiger partial charge on any atom is 0.500 e. The first-order chi connectivity index (χ1) is 14.8. The molecule has 0 aliphatic rings. The van der Waals surface area contributed by atoms with Crippen molar-refractivity contribution >= 4 is 21.2 Å². The third-order valence-electron chi connectivity index (χ3n) is 6.93. The molecule has 0 bridgehead atoms. The van der Waals surface area contributed by atoms with Gasteiger partial charge in [-0.25, -0.2) is 0 Å². The van der Waals surface area contributed by atoms with E-state index >= 15 is 0 Å². The van der Waals surface area contributed by atoms with Gasteiger partial charge in [-0.2, -0.15) is 0 Å². The van der Waals surface area contributed by atoms with E-state index in [1.807, 2.05) is 0 Å². The third-order valence-corrected chi connectivity index (χ3v) is 9.76. The van der Waals surface area contributed by atoms with Crippen LogP contribution in [0.4, 0.5) is 0 Å². The van der Waals surface area contributed by atoms with Crippen molar-refractivity contribution in [3.05, 3.63) is 0 Å². The van der Waals surface area contributed by atoms with Gasteiger partial charge in [0.05, 0.1) is 0 Å². The highest BCUT2D eigenvalue weighted by molar-refractivity contribution is 6.60. The summed E-state index contributed by atoms with van der Waals surface area (Å²) in [5.41, 5.74) is 6.37. The summed E-state index contributed by atoms with van der Waals surface area (Å²) in [6.07, 6.45) is 23.1. The number of unbranched alkanes of at least 4 members (excludes halogenated alkanes) is 13. The number of hydrogen-bond acceptors (Lipinski definition) is 4. The van der Waals surface area contributed by atoms with Gasteiger partial charge in [-0.15, -0.1) is 12.4 Å². The highest BCUT2D eigenvalue weighted by atomic mass is 35.5. The second kappa shape index (κ2) is 21.9. The zero-order chi connectivity index (χ0) is 23.4. The number of halogens is 1. The molecule has 32 heavy (non-hydrogen) atoms. The zero-order valence-electron chi connectivity index (χ0n) is 22.5. The van der Waals surface area contributed by atoms with Gasteiger partial charge in [0, 0.05) is 32.9 Å². The molecule has 0 aliphatic carbocycles. The van der Waals surface area contributed by atoms with Crippen LogP contribution in [0.25, 0.3) is 0 Å². The maximum absolute atomic E-state index is 6.50. The fourth-order valence-electron chi connectivity index (χ4n) is 4.59. The van der Waals surface area contributed by atoms with Crippen LogP contribution in [0, 0.1) is 5.92 Å². The summed E-state index contributed by atoms with van der Waals surface area (Å²) < 4.78 is 16.7. The van der Waals surface area contributed by atoms with Crippen molar-refractivity contribution < 1.29 is 13.3 Å². The normalized spacial score (nSPS) is 13.2. The van der Waals surface area contributed by atoms with Gasteiger partial charge in [-0.1, -0.05) is 96.8 Å². The fourth-order valence-corrected chi connectivity index (χ4v) is 6.34. The van der Waals surface area contributed by atoms with Crippen LogP contribution >= 0.6 is 12.4 Å². The van der Waals surface area contributed by atoms with Gasteiger partial charge in [0.15, 0.2) is 0 Å². The van der Waals surface area contributed by atoms with Crippen LogP contribution in [0.2, 0.25) is 6.04 Å². The fraction of sp³-hybridized carbons (Fsp3) is 1.00. The summed E-state index contributed by atoms with van der Waals surface area (Å²) >= 11 is 0. The first kappa shape index (κ1) is 34.5. The minimum Gasteiger partial charge on any atom is -0.377 e. The van der Waals surface area contributed by atoms with E-state index in [-0.39, 0.29) is 17.9 Å². The maximum atomic E-state index is 6.50. The first-order valence-corrected chi connectivity index (χ1v) is 15.2. The largest absolute Gasteiger partial charge is 0.500 e. The zero-order valence-corrected chi connectivity index (χ0v) is 24.3. The lowest BCUT2D eigenvalue weighted by Gasteiger charge is -2.32. The molecule has 196 valence electrons. The van der Waals surface area contributed by atoms with Crippen LogP contribution in [0.3, 0.4) is 0 Å². The Balaban J connectivity index is 0. The molecule has 0 aromatic carbocycles. The molecule has 1 unspecified atom stereocenters. The molecule has 0 radical (unpaired) electrons. The van der Waals surface area contributed by atoms with Crippen LogP contribution in [-0.4, -0.2) is 35.7 Å². The predicted molar refractivity (Wildman–Crippen MR) is 145 cm³/mol. The molecule has 0 spiro atoms. The van der Waals surface area contributed by atoms with Crippen LogP contribution in [0.5, 0.6) is 0 Å². The lowest BCUT2D eigenvalue weighted by molar-refractivity contribution is 0.121. The Kier molecular flexibility index (Phi) is 23.6. The van der Waals surface area contributed by atoms with Gasteiger partial charge in [0.1, 0.15) is 0 Å². The lowest BCUT2D eigenvalue weighted by atomic mass is 9.81. The Morgan fingerprint density at radius 3 is 1.31 bits per heavy atom. The smallest absolute Gasteiger partial charge is 0.377 e. The van der Waals surface area contributed by atoms with Crippen molar-refractivity contribution in [2.24, 2.45) is 11.7 Å². The molecule has 4 nitrogen and oxygen atoms in total. The molecule has 0 aliphatic heterocycles. The van der Waals surface area contributed by atoms with E-state index in [2.05, 4.69) is 20.8 Å². The van der Waals surface area contributed by atoms with Crippen molar-refractivity contribution in [2.45, 2.75) is 142 Å². The second-order valence-electron chi connectivity index (χ2n) is 10.1. The van der Waals surface area contributed by atoms with Crippen molar-refractivity contribution in [1.82, 2.24) is 0 Å². The van der Waals surface area contributed by atoms with E-state index in [0.29, 0.717) is 5.92 Å². The molecular formula is C26H58ClNO3Si. The van der Waals surface area contributed by atoms with E-state index in [0.717, 1.165) is 18.9 Å². The van der Waals surface area contributed by atoms with E-state index in [1.54, 1.807) is 21.3 Å². The van der Waals surface area contributed by atoms with Crippen molar-refractivity contribution in [1.29, 1.82) is 0 Å². The van der Waals surface area contributed by atoms with Crippen molar-refractivity contribution in [3.63, 3.8) is 0 Å². The molecular weight excluding hydrogens is 438 g/mol. The molecule has 2 N–H and O–H groups in total. The summed E-state index contributed by atoms with van der Waals surface area (Å²) in [6.45, 7) is 6.64. The summed E-state index contributed by atoms with van der Waals surface area (Å²) in [5.74, 6) is 0.544. The second-order valence-corrected chi connectivity index (χ2v) is 13.2. The van der Waals surface area contributed by atoms with Crippen LogP contribution < -0.4 is 5.73 Å². The van der Waals surface area contributed by atoms with E-state index in [4.69, 9.17) is 19.0 Å². The average Bonchev–Trinajstić information content (AvgIpc) is 2.75. The minimum atomic E-state index is -2.46. The Hall–Kier alpha value is 0.347. The molecule has 0 heterocycles. The van der Waals surface area contributed by atoms with Gasteiger partial charge in [-0.3, -0.25) is 0 Å². The highest BCUT2D eigenvalue weighted by Gasteiger charge is 2.37. The number of rotatable bonds is 23. The van der Waals surface area contributed by atoms with E-state index < -0.39 is 8.80 Å². The minimum absolute atomic E-state index is 0.